The van der Waals surface area contributed by atoms with E-state index >= 15 is 0 Å². The molecule has 0 atom stereocenters. The summed E-state index contributed by atoms with van der Waals surface area (Å²) < 4.78 is 16.4. The van der Waals surface area contributed by atoms with Crippen molar-refractivity contribution in [1.29, 1.82) is 0 Å². The van der Waals surface area contributed by atoms with Gasteiger partial charge in [-0.3, -0.25) is 4.57 Å². The Labute approximate surface area is 115 Å². The highest BCUT2D eigenvalue weighted by Gasteiger charge is 2.10. The third-order valence-corrected chi connectivity index (χ3v) is 3.47. The molecular formula is C15H13FN2S. The van der Waals surface area contributed by atoms with Crippen LogP contribution in [-0.2, 0) is 0 Å². The van der Waals surface area contributed by atoms with E-state index < -0.39 is 0 Å². The molecule has 0 aliphatic heterocycles. The van der Waals surface area contributed by atoms with Crippen LogP contribution in [0.5, 0.6) is 0 Å². The molecule has 0 saturated carbocycles. The molecular weight excluding hydrogens is 259 g/mol. The summed E-state index contributed by atoms with van der Waals surface area (Å²) in [5, 5.41) is 0. The Morgan fingerprint density at radius 2 is 1.74 bits per heavy atom. The van der Waals surface area contributed by atoms with Crippen molar-refractivity contribution in [2.45, 2.75) is 13.8 Å². The molecule has 0 amide bonds. The Kier molecular flexibility index (Phi) is 2.75. The minimum absolute atomic E-state index is 0.266. The fourth-order valence-corrected chi connectivity index (χ4v) is 2.56. The van der Waals surface area contributed by atoms with Crippen molar-refractivity contribution in [3.63, 3.8) is 0 Å². The molecule has 0 bridgehead atoms. The summed E-state index contributed by atoms with van der Waals surface area (Å²) in [4.78, 5) is 3.12. The van der Waals surface area contributed by atoms with Crippen molar-refractivity contribution in [2.75, 3.05) is 0 Å². The summed E-state index contributed by atoms with van der Waals surface area (Å²) in [6.45, 7) is 3.88. The average molecular weight is 272 g/mol. The van der Waals surface area contributed by atoms with Gasteiger partial charge in [0.15, 0.2) is 4.77 Å². The van der Waals surface area contributed by atoms with E-state index in [4.69, 9.17) is 12.2 Å². The maximum atomic E-state index is 14.1. The largest absolute Gasteiger partial charge is 0.330 e. The number of aromatic nitrogens is 2. The van der Waals surface area contributed by atoms with Gasteiger partial charge in [0.2, 0.25) is 0 Å². The number of aromatic amines is 1. The number of halogens is 1. The molecule has 96 valence electrons. The molecule has 1 aromatic heterocycles. The van der Waals surface area contributed by atoms with Crippen molar-refractivity contribution < 1.29 is 4.39 Å². The van der Waals surface area contributed by atoms with E-state index in [1.165, 1.54) is 6.07 Å². The first-order chi connectivity index (χ1) is 9.06. The van der Waals surface area contributed by atoms with Gasteiger partial charge < -0.3 is 4.98 Å². The number of hydrogen-bond acceptors (Lipinski definition) is 1. The molecule has 2 aromatic carbocycles. The Bertz CT molecular complexity index is 830. The van der Waals surface area contributed by atoms with Crippen LogP contribution in [0.4, 0.5) is 4.39 Å². The van der Waals surface area contributed by atoms with Crippen LogP contribution < -0.4 is 0 Å². The molecule has 0 spiro atoms. The Morgan fingerprint density at radius 3 is 2.47 bits per heavy atom. The second kappa shape index (κ2) is 4.31. The fourth-order valence-electron chi connectivity index (χ4n) is 2.26. The first kappa shape index (κ1) is 12.1. The lowest BCUT2D eigenvalue weighted by molar-refractivity contribution is 0.617. The number of nitrogens with zero attached hydrogens (tertiary/aromatic N) is 1. The van der Waals surface area contributed by atoms with Crippen LogP contribution in [-0.4, -0.2) is 9.55 Å². The minimum Gasteiger partial charge on any atom is -0.330 e. The quantitative estimate of drug-likeness (QED) is 0.649. The van der Waals surface area contributed by atoms with Crippen LogP contribution in [0.15, 0.2) is 36.4 Å². The zero-order valence-electron chi connectivity index (χ0n) is 10.7. The maximum absolute atomic E-state index is 14.1. The summed E-state index contributed by atoms with van der Waals surface area (Å²) in [5.41, 5.74) is 4.32. The average Bonchev–Trinajstić information content (AvgIpc) is 2.65. The smallest absolute Gasteiger partial charge is 0.182 e. The van der Waals surface area contributed by atoms with Gasteiger partial charge in [-0.25, -0.2) is 4.39 Å². The van der Waals surface area contributed by atoms with Gasteiger partial charge in [-0.2, -0.15) is 0 Å². The molecule has 4 heteroatoms. The number of rotatable bonds is 1. The molecule has 1 N–H and O–H groups in total. The molecule has 2 nitrogen and oxygen atoms in total. The molecule has 0 fully saturated rings. The van der Waals surface area contributed by atoms with Crippen molar-refractivity contribution >= 4 is 23.3 Å². The highest BCUT2D eigenvalue weighted by Crippen LogP contribution is 2.23. The third-order valence-electron chi connectivity index (χ3n) is 3.18. The van der Waals surface area contributed by atoms with Crippen LogP contribution in [0.3, 0.4) is 0 Å². The van der Waals surface area contributed by atoms with Crippen LogP contribution in [0, 0.1) is 24.4 Å². The second-order valence-corrected chi connectivity index (χ2v) is 5.13. The van der Waals surface area contributed by atoms with Gasteiger partial charge in [0.1, 0.15) is 5.82 Å². The van der Waals surface area contributed by atoms with Crippen molar-refractivity contribution in [3.05, 3.63) is 58.1 Å². The van der Waals surface area contributed by atoms with Gasteiger partial charge in [-0.05, 0) is 61.5 Å². The first-order valence-electron chi connectivity index (χ1n) is 6.04. The highest BCUT2D eigenvalue weighted by atomic mass is 32.1. The number of hydrogen-bond donors (Lipinski definition) is 1. The molecule has 19 heavy (non-hydrogen) atoms. The summed E-state index contributed by atoms with van der Waals surface area (Å²) in [6, 6.07) is 11.1. The number of H-pyrrole nitrogens is 1. The summed E-state index contributed by atoms with van der Waals surface area (Å²) in [5.74, 6) is -0.266. The van der Waals surface area contributed by atoms with E-state index in [0.717, 1.165) is 22.2 Å². The van der Waals surface area contributed by atoms with E-state index in [1.54, 1.807) is 10.6 Å². The van der Waals surface area contributed by atoms with Crippen LogP contribution in [0.1, 0.15) is 11.1 Å². The molecule has 0 aliphatic carbocycles. The van der Waals surface area contributed by atoms with Gasteiger partial charge in [0.05, 0.1) is 16.7 Å². The lowest BCUT2D eigenvalue weighted by Crippen LogP contribution is -1.98. The Morgan fingerprint density at radius 1 is 1.05 bits per heavy atom. The number of aryl methyl sites for hydroxylation is 2. The predicted molar refractivity (Wildman–Crippen MR) is 77.9 cm³/mol. The normalized spacial score (nSPS) is 11.1. The summed E-state index contributed by atoms with van der Waals surface area (Å²) >= 11 is 5.31. The van der Waals surface area contributed by atoms with Gasteiger partial charge in [0.25, 0.3) is 0 Å². The topological polar surface area (TPSA) is 20.7 Å². The van der Waals surface area contributed by atoms with Gasteiger partial charge in [-0.15, -0.1) is 0 Å². The third kappa shape index (κ3) is 1.98. The van der Waals surface area contributed by atoms with Gasteiger partial charge in [0, 0.05) is 0 Å². The van der Waals surface area contributed by atoms with Crippen LogP contribution in [0.2, 0.25) is 0 Å². The van der Waals surface area contributed by atoms with Crippen LogP contribution in [0.25, 0.3) is 16.7 Å². The molecule has 0 unspecified atom stereocenters. The summed E-state index contributed by atoms with van der Waals surface area (Å²) in [6.07, 6.45) is 0. The first-order valence-corrected chi connectivity index (χ1v) is 6.45. The minimum atomic E-state index is -0.266. The highest BCUT2D eigenvalue weighted by molar-refractivity contribution is 7.71. The Balaban J connectivity index is 2.36. The van der Waals surface area contributed by atoms with E-state index in [0.29, 0.717) is 10.5 Å². The molecule has 3 aromatic rings. The van der Waals surface area contributed by atoms with Crippen molar-refractivity contribution in [3.8, 4) is 5.69 Å². The molecule has 0 aliphatic rings. The maximum Gasteiger partial charge on any atom is 0.182 e. The zero-order chi connectivity index (χ0) is 13.6. The summed E-state index contributed by atoms with van der Waals surface area (Å²) in [7, 11) is 0. The lowest BCUT2D eigenvalue weighted by Gasteiger charge is -2.07. The predicted octanol–water partition coefficient (Wildman–Crippen LogP) is 4.44. The molecule has 1 heterocycles. The monoisotopic (exact) mass is 272 g/mol. The molecule has 0 radical (unpaired) electrons. The lowest BCUT2D eigenvalue weighted by atomic mass is 10.2. The van der Waals surface area contributed by atoms with Gasteiger partial charge >= 0.3 is 0 Å². The second-order valence-electron chi connectivity index (χ2n) is 4.74. The van der Waals surface area contributed by atoms with Gasteiger partial charge in [-0.1, -0.05) is 12.1 Å². The van der Waals surface area contributed by atoms with E-state index in [1.807, 2.05) is 38.1 Å². The Hall–Kier alpha value is -1.94. The van der Waals surface area contributed by atoms with E-state index in [-0.39, 0.29) is 5.82 Å². The van der Waals surface area contributed by atoms with Crippen molar-refractivity contribution in [2.24, 2.45) is 0 Å². The fraction of sp³-hybridized carbons (Fsp3) is 0.133. The van der Waals surface area contributed by atoms with Crippen molar-refractivity contribution in [1.82, 2.24) is 9.55 Å². The van der Waals surface area contributed by atoms with E-state index in [2.05, 4.69) is 4.98 Å². The SMILES string of the molecule is Cc1ccc(-n2c(=S)[nH]c3cc(C)ccc32)c(F)c1. The molecule has 3 rings (SSSR count). The number of nitrogens with one attached hydrogen (secondary N) is 1. The standard InChI is InChI=1S/C15H13FN2S/c1-9-3-5-13(11(16)7-9)18-14-6-4-10(2)8-12(14)17-15(18)19/h3-8H,1-2H3,(H,17,19). The zero-order valence-corrected chi connectivity index (χ0v) is 11.5. The number of imidazole rings is 1. The number of fused-ring (bicyclic) bond motifs is 1. The van der Waals surface area contributed by atoms with E-state index in [9.17, 15) is 4.39 Å². The number of benzene rings is 2. The van der Waals surface area contributed by atoms with Crippen LogP contribution >= 0.6 is 12.2 Å². The molecule has 0 saturated heterocycles.